The number of aliphatic carboxylic acids is 1. The fraction of sp³-hybridized carbons (Fsp3) is 0.409. The van der Waals surface area contributed by atoms with Gasteiger partial charge in [0.1, 0.15) is 11.6 Å². The van der Waals surface area contributed by atoms with Crippen LogP contribution in [-0.4, -0.2) is 51.2 Å². The molecule has 0 aromatic carbocycles. The zero-order chi connectivity index (χ0) is 22.9. The number of carbonyl (C=O) groups is 3. The van der Waals surface area contributed by atoms with Gasteiger partial charge in [0.05, 0.1) is 5.56 Å². The minimum absolute atomic E-state index is 0.225. The molecule has 0 aliphatic rings. The van der Waals surface area contributed by atoms with Crippen molar-refractivity contribution in [1.82, 2.24) is 20.6 Å². The highest BCUT2D eigenvalue weighted by molar-refractivity contribution is 5.95. The van der Waals surface area contributed by atoms with Gasteiger partial charge in [-0.1, -0.05) is 6.07 Å². The number of pyridine rings is 2. The minimum Gasteiger partial charge on any atom is -0.480 e. The molecular formula is C22H28N4O5. The van der Waals surface area contributed by atoms with Gasteiger partial charge >= 0.3 is 12.1 Å². The number of hydrogen-bond acceptors (Lipinski definition) is 6. The molecule has 0 aliphatic carbocycles. The van der Waals surface area contributed by atoms with Crippen LogP contribution in [0.5, 0.6) is 0 Å². The lowest BCUT2D eigenvalue weighted by Crippen LogP contribution is -2.43. The summed E-state index contributed by atoms with van der Waals surface area (Å²) in [5.74, 6) is -1.40. The Labute approximate surface area is 181 Å². The van der Waals surface area contributed by atoms with E-state index in [0.717, 1.165) is 11.1 Å². The molecule has 2 aromatic heterocycles. The number of amides is 2. The smallest absolute Gasteiger partial charge is 0.408 e. The Kier molecular flexibility index (Phi) is 8.48. The Bertz CT molecular complexity index is 896. The molecule has 2 heterocycles. The van der Waals surface area contributed by atoms with Crippen molar-refractivity contribution in [2.75, 3.05) is 6.54 Å². The van der Waals surface area contributed by atoms with Crippen molar-refractivity contribution in [3.8, 4) is 11.1 Å². The van der Waals surface area contributed by atoms with Gasteiger partial charge in [0.25, 0.3) is 5.91 Å². The van der Waals surface area contributed by atoms with Crippen LogP contribution in [0.2, 0.25) is 0 Å². The average Bonchev–Trinajstić information content (AvgIpc) is 2.71. The highest BCUT2D eigenvalue weighted by atomic mass is 16.6. The van der Waals surface area contributed by atoms with Gasteiger partial charge < -0.3 is 20.5 Å². The molecule has 9 heteroatoms. The van der Waals surface area contributed by atoms with E-state index in [-0.39, 0.29) is 12.3 Å². The van der Waals surface area contributed by atoms with Crippen LogP contribution in [0, 0.1) is 0 Å². The van der Waals surface area contributed by atoms with Gasteiger partial charge in [-0.3, -0.25) is 14.8 Å². The second-order valence-corrected chi connectivity index (χ2v) is 7.99. The van der Waals surface area contributed by atoms with E-state index in [1.165, 1.54) is 6.20 Å². The standard InChI is InChI=1S/C22H28N4O5/c1-22(2,3)31-21(30)26-18(20(28)29)8-4-5-10-25-19(27)17-11-16(13-24-14-17)15-7-6-9-23-12-15/h6-7,9,11-14,18H,4-5,8,10H2,1-3H3,(H,25,27)(H,26,30)(H,28,29). The molecule has 9 nitrogen and oxygen atoms in total. The van der Waals surface area contributed by atoms with Gasteiger partial charge in [-0.2, -0.15) is 0 Å². The van der Waals surface area contributed by atoms with E-state index in [0.29, 0.717) is 24.9 Å². The number of hydrogen-bond donors (Lipinski definition) is 3. The molecule has 1 unspecified atom stereocenters. The molecule has 2 rings (SSSR count). The first-order valence-electron chi connectivity index (χ1n) is 10.0. The first kappa shape index (κ1) is 23.8. The summed E-state index contributed by atoms with van der Waals surface area (Å²) in [6.07, 6.45) is 7.03. The summed E-state index contributed by atoms with van der Waals surface area (Å²) in [7, 11) is 0. The van der Waals surface area contributed by atoms with Gasteiger partial charge in [0.15, 0.2) is 0 Å². The van der Waals surface area contributed by atoms with Crippen molar-refractivity contribution < 1.29 is 24.2 Å². The SMILES string of the molecule is CC(C)(C)OC(=O)NC(CCCCNC(=O)c1cncc(-c2cccnc2)c1)C(=O)O. The molecule has 0 fully saturated rings. The lowest BCUT2D eigenvalue weighted by Gasteiger charge is -2.22. The van der Waals surface area contributed by atoms with Crippen LogP contribution in [0.1, 0.15) is 50.4 Å². The van der Waals surface area contributed by atoms with E-state index in [1.807, 2.05) is 12.1 Å². The molecule has 0 saturated heterocycles. The predicted octanol–water partition coefficient (Wildman–Crippen LogP) is 3.02. The highest BCUT2D eigenvalue weighted by Crippen LogP contribution is 2.17. The first-order valence-corrected chi connectivity index (χ1v) is 10.0. The molecule has 0 radical (unpaired) electrons. The monoisotopic (exact) mass is 428 g/mol. The van der Waals surface area contributed by atoms with Crippen LogP contribution in [0.4, 0.5) is 4.79 Å². The second kappa shape index (κ2) is 11.1. The second-order valence-electron chi connectivity index (χ2n) is 7.99. The lowest BCUT2D eigenvalue weighted by atomic mass is 10.1. The Morgan fingerprint density at radius 2 is 1.84 bits per heavy atom. The summed E-state index contributed by atoms with van der Waals surface area (Å²) >= 11 is 0. The van der Waals surface area contributed by atoms with Gasteiger partial charge in [-0.25, -0.2) is 9.59 Å². The van der Waals surface area contributed by atoms with E-state index in [4.69, 9.17) is 4.74 Å². The number of carbonyl (C=O) groups excluding carboxylic acids is 2. The Hall–Kier alpha value is -3.49. The van der Waals surface area contributed by atoms with Crippen LogP contribution in [0.3, 0.4) is 0 Å². The summed E-state index contributed by atoms with van der Waals surface area (Å²) in [6.45, 7) is 5.47. The maximum atomic E-state index is 12.4. The summed E-state index contributed by atoms with van der Waals surface area (Å²) < 4.78 is 5.09. The number of aromatic nitrogens is 2. The molecule has 0 aliphatic heterocycles. The topological polar surface area (TPSA) is 131 Å². The molecule has 1 atom stereocenters. The average molecular weight is 428 g/mol. The van der Waals surface area contributed by atoms with Crippen LogP contribution in [-0.2, 0) is 9.53 Å². The van der Waals surface area contributed by atoms with E-state index < -0.39 is 23.7 Å². The maximum Gasteiger partial charge on any atom is 0.408 e. The van der Waals surface area contributed by atoms with E-state index in [9.17, 15) is 19.5 Å². The molecule has 0 spiro atoms. The van der Waals surface area contributed by atoms with Crippen molar-refractivity contribution in [3.63, 3.8) is 0 Å². The van der Waals surface area contributed by atoms with Crippen molar-refractivity contribution in [2.45, 2.75) is 51.7 Å². The number of ether oxygens (including phenoxy) is 1. The number of nitrogens with zero attached hydrogens (tertiary/aromatic N) is 2. The zero-order valence-electron chi connectivity index (χ0n) is 17.9. The Balaban J connectivity index is 1.78. The highest BCUT2D eigenvalue weighted by Gasteiger charge is 2.23. The lowest BCUT2D eigenvalue weighted by molar-refractivity contribution is -0.139. The molecule has 31 heavy (non-hydrogen) atoms. The van der Waals surface area contributed by atoms with Gasteiger partial charge in [-0.05, 0) is 52.2 Å². The van der Waals surface area contributed by atoms with E-state index in [2.05, 4.69) is 20.6 Å². The molecule has 3 N–H and O–H groups in total. The summed E-state index contributed by atoms with van der Waals surface area (Å²) in [4.78, 5) is 43.7. The largest absolute Gasteiger partial charge is 0.480 e. The fourth-order valence-corrected chi connectivity index (χ4v) is 2.74. The van der Waals surface area contributed by atoms with E-state index >= 15 is 0 Å². The number of unbranched alkanes of at least 4 members (excludes halogenated alkanes) is 1. The van der Waals surface area contributed by atoms with Crippen molar-refractivity contribution >= 4 is 18.0 Å². The van der Waals surface area contributed by atoms with Crippen molar-refractivity contribution in [3.05, 3.63) is 48.5 Å². The normalized spacial score (nSPS) is 12.0. The molecule has 2 amide bonds. The number of carboxylic acids is 1. The molecular weight excluding hydrogens is 400 g/mol. The van der Waals surface area contributed by atoms with Crippen molar-refractivity contribution in [1.29, 1.82) is 0 Å². The van der Waals surface area contributed by atoms with Gasteiger partial charge in [0, 0.05) is 42.5 Å². The molecule has 0 saturated carbocycles. The predicted molar refractivity (Wildman–Crippen MR) is 114 cm³/mol. The van der Waals surface area contributed by atoms with Crippen LogP contribution in [0.15, 0.2) is 43.0 Å². The number of alkyl carbamates (subject to hydrolysis) is 1. The number of nitrogens with one attached hydrogen (secondary N) is 2. The van der Waals surface area contributed by atoms with E-state index in [1.54, 1.807) is 45.4 Å². The quantitative estimate of drug-likeness (QED) is 0.523. The molecule has 0 bridgehead atoms. The zero-order valence-corrected chi connectivity index (χ0v) is 17.9. The van der Waals surface area contributed by atoms with Gasteiger partial charge in [-0.15, -0.1) is 0 Å². The fourth-order valence-electron chi connectivity index (χ4n) is 2.74. The van der Waals surface area contributed by atoms with Crippen molar-refractivity contribution in [2.24, 2.45) is 0 Å². The van der Waals surface area contributed by atoms with Crippen LogP contribution in [0.25, 0.3) is 11.1 Å². The summed E-state index contributed by atoms with van der Waals surface area (Å²) in [5.41, 5.74) is 1.37. The number of rotatable bonds is 9. The number of carboxylic acid groups (broad SMARTS) is 1. The Morgan fingerprint density at radius 1 is 1.10 bits per heavy atom. The van der Waals surface area contributed by atoms with Crippen LogP contribution < -0.4 is 10.6 Å². The summed E-state index contributed by atoms with van der Waals surface area (Å²) in [6, 6.07) is 4.39. The summed E-state index contributed by atoms with van der Waals surface area (Å²) in [5, 5.41) is 14.4. The third kappa shape index (κ3) is 8.41. The maximum absolute atomic E-state index is 12.4. The third-order valence-electron chi connectivity index (χ3n) is 4.19. The van der Waals surface area contributed by atoms with Gasteiger partial charge in [0.2, 0.25) is 0 Å². The third-order valence-corrected chi connectivity index (χ3v) is 4.19. The first-order chi connectivity index (χ1) is 14.7. The Morgan fingerprint density at radius 3 is 2.48 bits per heavy atom. The molecule has 2 aromatic rings. The molecule has 166 valence electrons. The van der Waals surface area contributed by atoms with Crippen LogP contribution >= 0.6 is 0 Å². The minimum atomic E-state index is -1.13.